The lowest BCUT2D eigenvalue weighted by Gasteiger charge is -2.35. The molecule has 1 aliphatic rings. The lowest BCUT2D eigenvalue weighted by Crippen LogP contribution is -2.23. The standard InChI is InChI=1S/C45H30/c1-45(2)39-18-4-3-13-33(39)37-17-8-16-36-32(25-26-40(45)44(36)37)35-15-7-12-27-11-6-14-34(42(27)35)31-23-21-30-20-19-28-9-5-10-29-22-24-38(31)43(30)41(28)29/h3-26H,1-2H3/i3D,4D,5D,6D,7D,8D,9D,10D,11D,12D,13D,14D,16D,17D,18D,19D,20D,21D,22D,23D,24D,25D,26D. The van der Waals surface area contributed by atoms with E-state index in [0.29, 0.717) is 0 Å². The molecule has 0 unspecified atom stereocenters. The fourth-order valence-electron chi connectivity index (χ4n) is 6.70. The van der Waals surface area contributed by atoms with Crippen molar-refractivity contribution < 1.29 is 31.5 Å². The molecule has 0 N–H and O–H groups in total. The zero-order chi connectivity index (χ0) is 49.9. The van der Waals surface area contributed by atoms with Crippen molar-refractivity contribution in [3.8, 4) is 33.4 Å². The van der Waals surface area contributed by atoms with E-state index in [1.54, 1.807) is 13.8 Å². The molecule has 0 atom stereocenters. The fourth-order valence-corrected chi connectivity index (χ4v) is 6.70. The van der Waals surface area contributed by atoms with Gasteiger partial charge in [-0.15, -0.1) is 0 Å². The van der Waals surface area contributed by atoms with Crippen LogP contribution in [0.3, 0.4) is 0 Å². The van der Waals surface area contributed by atoms with Gasteiger partial charge in [0.1, 0.15) is 0 Å². The number of rotatable bonds is 2. The number of benzene rings is 9. The van der Waals surface area contributed by atoms with E-state index in [4.69, 9.17) is 17.8 Å². The van der Waals surface area contributed by atoms with Crippen molar-refractivity contribution in [2.75, 3.05) is 0 Å². The Labute approximate surface area is 294 Å². The maximum Gasteiger partial charge on any atom is 0.0630 e. The van der Waals surface area contributed by atoms with Gasteiger partial charge in [0.15, 0.2) is 0 Å². The summed E-state index contributed by atoms with van der Waals surface area (Å²) in [6, 6.07) is -15.0. The second-order valence-corrected chi connectivity index (χ2v) is 11.5. The smallest absolute Gasteiger partial charge is 0.0619 e. The number of fused-ring (bicyclic) bond motifs is 3. The molecule has 0 radical (unpaired) electrons. The molecule has 10 rings (SSSR count). The number of hydrogen-bond donors (Lipinski definition) is 0. The molecule has 0 saturated carbocycles. The molecule has 9 aromatic carbocycles. The summed E-state index contributed by atoms with van der Waals surface area (Å²) in [6.07, 6.45) is 0. The molecule has 0 aliphatic heterocycles. The minimum Gasteiger partial charge on any atom is -0.0619 e. The molecule has 0 aromatic heterocycles. The van der Waals surface area contributed by atoms with Crippen molar-refractivity contribution in [2.45, 2.75) is 19.3 Å². The van der Waals surface area contributed by atoms with Crippen molar-refractivity contribution in [3.63, 3.8) is 0 Å². The van der Waals surface area contributed by atoms with Gasteiger partial charge in [0, 0.05) is 5.41 Å². The topological polar surface area (TPSA) is 0 Å². The van der Waals surface area contributed by atoms with Crippen LogP contribution in [0.25, 0.3) is 87.2 Å². The van der Waals surface area contributed by atoms with E-state index in [9.17, 15) is 13.7 Å². The molecular formula is C45H30. The molecule has 1 aliphatic carbocycles. The first kappa shape index (κ1) is 11.5. The predicted molar refractivity (Wildman–Crippen MR) is 194 cm³/mol. The van der Waals surface area contributed by atoms with Crippen molar-refractivity contribution in [1.29, 1.82) is 0 Å². The van der Waals surface area contributed by atoms with Gasteiger partial charge in [0.25, 0.3) is 0 Å². The van der Waals surface area contributed by atoms with E-state index < -0.39 is 183 Å². The molecule has 0 bridgehead atoms. The third kappa shape index (κ3) is 3.27. The van der Waals surface area contributed by atoms with Gasteiger partial charge in [-0.3, -0.25) is 0 Å². The Kier molecular flexibility index (Phi) is 2.25. The molecular weight excluding hydrogens is 540 g/mol. The van der Waals surface area contributed by atoms with Crippen LogP contribution in [0.4, 0.5) is 0 Å². The van der Waals surface area contributed by atoms with E-state index in [1.807, 2.05) is 0 Å². The van der Waals surface area contributed by atoms with Crippen LogP contribution in [-0.2, 0) is 5.41 Å². The Bertz CT molecular complexity index is 3940. The van der Waals surface area contributed by atoms with E-state index >= 15 is 0 Å². The van der Waals surface area contributed by atoms with Crippen LogP contribution in [0.2, 0.25) is 0 Å². The highest BCUT2D eigenvalue weighted by Crippen LogP contribution is 2.51. The van der Waals surface area contributed by atoms with Crippen LogP contribution in [0.5, 0.6) is 0 Å². The predicted octanol–water partition coefficient (Wildman–Crippen LogP) is 12.5. The van der Waals surface area contributed by atoms with Gasteiger partial charge in [-0.05, 0) is 98.4 Å². The van der Waals surface area contributed by atoms with E-state index in [-0.39, 0.29) is 60.1 Å². The van der Waals surface area contributed by atoms with Gasteiger partial charge in [0.2, 0.25) is 0 Å². The molecule has 9 aromatic rings. The summed E-state index contributed by atoms with van der Waals surface area (Å²) < 4.78 is 210. The third-order valence-corrected chi connectivity index (χ3v) is 8.76. The minimum atomic E-state index is -1.54. The Morgan fingerprint density at radius 1 is 0.356 bits per heavy atom. The first-order valence-electron chi connectivity index (χ1n) is 25.6. The fraction of sp³-hybridized carbons (Fsp3) is 0.0667. The molecule has 0 spiro atoms. The summed E-state index contributed by atoms with van der Waals surface area (Å²) in [5.74, 6) is 0. The van der Waals surface area contributed by atoms with Crippen LogP contribution in [0.15, 0.2) is 145 Å². The first-order valence-corrected chi connectivity index (χ1v) is 14.1. The summed E-state index contributed by atoms with van der Waals surface area (Å²) in [5, 5.41) is -3.46. The van der Waals surface area contributed by atoms with Crippen LogP contribution < -0.4 is 0 Å². The average Bonchev–Trinajstić information content (AvgIpc) is 3.28. The highest BCUT2D eigenvalue weighted by Gasteiger charge is 2.33. The summed E-state index contributed by atoms with van der Waals surface area (Å²) in [5.41, 5.74) is -3.97. The molecule has 0 heterocycles. The minimum absolute atomic E-state index is 0.0328. The van der Waals surface area contributed by atoms with Gasteiger partial charge in [0.05, 0.1) is 31.5 Å². The summed E-state index contributed by atoms with van der Waals surface area (Å²) in [4.78, 5) is 0. The second-order valence-electron chi connectivity index (χ2n) is 11.5. The maximum absolute atomic E-state index is 9.76. The summed E-state index contributed by atoms with van der Waals surface area (Å²) >= 11 is 0. The van der Waals surface area contributed by atoms with Crippen molar-refractivity contribution >= 4 is 53.9 Å². The Morgan fingerprint density at radius 2 is 0.911 bits per heavy atom. The van der Waals surface area contributed by atoms with Crippen molar-refractivity contribution in [2.24, 2.45) is 0 Å². The first-order chi connectivity index (χ1) is 31.7. The summed E-state index contributed by atoms with van der Waals surface area (Å²) in [6.45, 7) is 3.10. The average molecular weight is 594 g/mol. The Balaban J connectivity index is 1.52. The highest BCUT2D eigenvalue weighted by molar-refractivity contribution is 6.27. The molecule has 0 nitrogen and oxygen atoms in total. The summed E-state index contributed by atoms with van der Waals surface area (Å²) in [7, 11) is 0. The quantitative estimate of drug-likeness (QED) is 0.175. The largest absolute Gasteiger partial charge is 0.0630 e. The zero-order valence-corrected chi connectivity index (χ0v) is 23.6. The van der Waals surface area contributed by atoms with Crippen LogP contribution >= 0.6 is 0 Å². The molecule has 0 heteroatoms. The molecule has 45 heavy (non-hydrogen) atoms. The van der Waals surface area contributed by atoms with E-state index in [2.05, 4.69) is 0 Å². The van der Waals surface area contributed by atoms with Crippen LogP contribution in [0, 0.1) is 0 Å². The normalized spacial score (nSPS) is 20.9. The molecule has 210 valence electrons. The second kappa shape index (κ2) is 8.80. The van der Waals surface area contributed by atoms with Gasteiger partial charge < -0.3 is 0 Å². The molecule has 0 fully saturated rings. The Hall–Kier alpha value is -5.46. The zero-order valence-electron chi connectivity index (χ0n) is 46.6. The third-order valence-electron chi connectivity index (χ3n) is 8.76. The van der Waals surface area contributed by atoms with Crippen molar-refractivity contribution in [3.05, 3.63) is 156 Å². The molecule has 0 amide bonds. The number of hydrogen-bond acceptors (Lipinski definition) is 0. The monoisotopic (exact) mass is 593 g/mol. The Morgan fingerprint density at radius 3 is 1.76 bits per heavy atom. The van der Waals surface area contributed by atoms with E-state index in [0.717, 1.165) is 6.07 Å². The SMILES string of the molecule is [2H]c1cc(-c2c([2H])c([2H])c3c4c(c([2H])c([2H])c([2H])c24)-c2c([2H])c([2H])c([2H])c([2H])c2C3(C)C)c2c(-c3c([2H])c([2H])c4c([2H])c([2H])c5c([2H])c([2H])c([2H])c6c([2H])c([2H])c3c4c56)c([2H])c([2H])c([2H])c2c1[2H]. The molecule has 0 saturated heterocycles. The van der Waals surface area contributed by atoms with Crippen LogP contribution in [0.1, 0.15) is 56.5 Å². The van der Waals surface area contributed by atoms with E-state index in [1.165, 1.54) is 0 Å². The van der Waals surface area contributed by atoms with Gasteiger partial charge in [-0.2, -0.15) is 0 Å². The van der Waals surface area contributed by atoms with Crippen molar-refractivity contribution in [1.82, 2.24) is 0 Å². The highest BCUT2D eigenvalue weighted by atomic mass is 14.4. The van der Waals surface area contributed by atoms with Gasteiger partial charge in [-0.25, -0.2) is 0 Å². The van der Waals surface area contributed by atoms with Crippen LogP contribution in [-0.4, -0.2) is 0 Å². The lowest BCUT2D eigenvalue weighted by molar-refractivity contribution is 0.645. The lowest BCUT2D eigenvalue weighted by atomic mass is 9.68. The maximum atomic E-state index is 9.76. The van der Waals surface area contributed by atoms with Gasteiger partial charge in [-0.1, -0.05) is 159 Å². The van der Waals surface area contributed by atoms with Gasteiger partial charge >= 0.3 is 0 Å².